The van der Waals surface area contributed by atoms with Crippen LogP contribution in [0.4, 0.5) is 5.69 Å². The van der Waals surface area contributed by atoms with Gasteiger partial charge in [0.1, 0.15) is 0 Å². The van der Waals surface area contributed by atoms with E-state index in [9.17, 15) is 19.5 Å². The smallest absolute Gasteiger partial charge is 0.335 e. The summed E-state index contributed by atoms with van der Waals surface area (Å²) in [5.41, 5.74) is 2.30. The molecule has 2 aliphatic rings. The summed E-state index contributed by atoms with van der Waals surface area (Å²) >= 11 is 0. The third-order valence-corrected chi connectivity index (χ3v) is 5.54. The van der Waals surface area contributed by atoms with Crippen LogP contribution in [0.15, 0.2) is 59.9 Å². The number of rotatable bonds is 3. The minimum Gasteiger partial charge on any atom is -0.478 e. The van der Waals surface area contributed by atoms with Crippen LogP contribution in [0.3, 0.4) is 0 Å². The first-order valence-electron chi connectivity index (χ1n) is 9.60. The monoisotopic (exact) mass is 390 g/mol. The first kappa shape index (κ1) is 19.1. The van der Waals surface area contributed by atoms with Gasteiger partial charge in [-0.15, -0.1) is 0 Å². The Hall–Kier alpha value is -3.28. The second-order valence-electron chi connectivity index (χ2n) is 8.40. The van der Waals surface area contributed by atoms with E-state index in [-0.39, 0.29) is 35.0 Å². The quantitative estimate of drug-likeness (QED) is 0.858. The Morgan fingerprint density at radius 1 is 1.14 bits per heavy atom. The molecule has 1 aromatic heterocycles. The van der Waals surface area contributed by atoms with Crippen molar-refractivity contribution in [1.29, 1.82) is 0 Å². The summed E-state index contributed by atoms with van der Waals surface area (Å²) in [4.78, 5) is 43.8. The Labute approximate surface area is 168 Å². The molecule has 0 saturated carbocycles. The van der Waals surface area contributed by atoms with Crippen LogP contribution < -0.4 is 4.90 Å². The standard InChI is InChI=1S/C23H22N2O4/c1-23(2)12-18-21(19(26)13-23)16(17-8-3-4-9-24-17)11-20(27)25(18)15-7-5-6-14(10-15)22(28)29/h3-10,16H,11-13H2,1-2H3,(H,28,29). The summed E-state index contributed by atoms with van der Waals surface area (Å²) in [6.07, 6.45) is 2.76. The van der Waals surface area contributed by atoms with E-state index >= 15 is 0 Å². The van der Waals surface area contributed by atoms with E-state index in [1.807, 2.05) is 26.0 Å². The normalized spacial score (nSPS) is 21.2. The highest BCUT2D eigenvalue weighted by Gasteiger charge is 2.44. The van der Waals surface area contributed by atoms with Crippen molar-refractivity contribution < 1.29 is 19.5 Å². The Bertz CT molecular complexity index is 1040. The van der Waals surface area contributed by atoms with Gasteiger partial charge in [-0.25, -0.2) is 4.79 Å². The Morgan fingerprint density at radius 2 is 1.93 bits per heavy atom. The third-order valence-electron chi connectivity index (χ3n) is 5.54. The van der Waals surface area contributed by atoms with Gasteiger partial charge in [0.05, 0.1) is 5.56 Å². The maximum Gasteiger partial charge on any atom is 0.335 e. The molecule has 0 fully saturated rings. The van der Waals surface area contributed by atoms with Crippen molar-refractivity contribution >= 4 is 23.3 Å². The van der Waals surface area contributed by atoms with Gasteiger partial charge < -0.3 is 5.11 Å². The predicted molar refractivity (Wildman–Crippen MR) is 108 cm³/mol. The molecule has 0 saturated heterocycles. The Morgan fingerprint density at radius 3 is 2.62 bits per heavy atom. The molecule has 1 N–H and O–H groups in total. The average Bonchev–Trinajstić information content (AvgIpc) is 2.67. The van der Waals surface area contributed by atoms with E-state index in [1.54, 1.807) is 29.3 Å². The van der Waals surface area contributed by atoms with Crippen molar-refractivity contribution in [2.24, 2.45) is 5.41 Å². The number of carboxylic acid groups (broad SMARTS) is 1. The van der Waals surface area contributed by atoms with Crippen LogP contribution in [0.2, 0.25) is 0 Å². The number of Topliss-reactive ketones (excluding diaryl/α,β-unsaturated/α-hetero) is 1. The SMILES string of the molecule is CC1(C)CC(=O)C2=C(C1)N(c1cccc(C(=O)O)c1)C(=O)CC2c1ccccn1. The van der Waals surface area contributed by atoms with Crippen molar-refractivity contribution in [3.8, 4) is 0 Å². The topological polar surface area (TPSA) is 87.6 Å². The van der Waals surface area contributed by atoms with Crippen LogP contribution in [0.1, 0.15) is 55.1 Å². The molecular formula is C23H22N2O4. The summed E-state index contributed by atoms with van der Waals surface area (Å²) in [7, 11) is 0. The number of carbonyl (C=O) groups is 3. The van der Waals surface area contributed by atoms with Gasteiger partial charge in [-0.1, -0.05) is 26.0 Å². The van der Waals surface area contributed by atoms with Crippen molar-refractivity contribution in [2.45, 2.75) is 39.0 Å². The van der Waals surface area contributed by atoms with Gasteiger partial charge in [0.15, 0.2) is 5.78 Å². The van der Waals surface area contributed by atoms with Gasteiger partial charge in [-0.2, -0.15) is 0 Å². The number of carbonyl (C=O) groups excluding carboxylic acids is 2. The summed E-state index contributed by atoms with van der Waals surface area (Å²) in [5.74, 6) is -1.57. The average molecular weight is 390 g/mol. The number of allylic oxidation sites excluding steroid dienone is 2. The number of carboxylic acids is 1. The summed E-state index contributed by atoms with van der Waals surface area (Å²) in [5, 5.41) is 9.34. The van der Waals surface area contributed by atoms with Crippen LogP contribution in [0, 0.1) is 5.41 Å². The van der Waals surface area contributed by atoms with Crippen molar-refractivity contribution in [3.05, 3.63) is 71.2 Å². The molecule has 0 spiro atoms. The summed E-state index contributed by atoms with van der Waals surface area (Å²) in [6.45, 7) is 4.02. The number of amides is 1. The number of aromatic nitrogens is 1. The molecule has 1 aromatic carbocycles. The molecular weight excluding hydrogens is 368 g/mol. The molecule has 6 heteroatoms. The van der Waals surface area contributed by atoms with Crippen LogP contribution in [0.5, 0.6) is 0 Å². The van der Waals surface area contributed by atoms with Crippen molar-refractivity contribution in [2.75, 3.05) is 4.90 Å². The molecule has 29 heavy (non-hydrogen) atoms. The number of nitrogens with zero attached hydrogens (tertiary/aromatic N) is 2. The van der Waals surface area contributed by atoms with E-state index in [0.29, 0.717) is 35.5 Å². The molecule has 1 unspecified atom stereocenters. The van der Waals surface area contributed by atoms with Gasteiger partial charge in [0.25, 0.3) is 0 Å². The van der Waals surface area contributed by atoms with Crippen LogP contribution >= 0.6 is 0 Å². The lowest BCUT2D eigenvalue weighted by atomic mass is 9.70. The molecule has 1 amide bonds. The molecule has 6 nitrogen and oxygen atoms in total. The Balaban J connectivity index is 1.90. The maximum atomic E-state index is 13.2. The minimum atomic E-state index is -1.06. The van der Waals surface area contributed by atoms with E-state index in [0.717, 1.165) is 0 Å². The highest BCUT2D eigenvalue weighted by Crippen LogP contribution is 2.47. The number of anilines is 1. The molecule has 1 atom stereocenters. The number of pyridine rings is 1. The number of hydrogen-bond acceptors (Lipinski definition) is 4. The fourth-order valence-electron chi connectivity index (χ4n) is 4.33. The fourth-order valence-corrected chi connectivity index (χ4v) is 4.33. The molecule has 4 rings (SSSR count). The van der Waals surface area contributed by atoms with Gasteiger partial charge in [-0.3, -0.25) is 19.5 Å². The van der Waals surface area contributed by atoms with E-state index in [4.69, 9.17) is 0 Å². The molecule has 0 radical (unpaired) electrons. The third kappa shape index (κ3) is 3.46. The van der Waals surface area contributed by atoms with Crippen molar-refractivity contribution in [3.63, 3.8) is 0 Å². The number of aromatic carboxylic acids is 1. The molecule has 1 aliphatic heterocycles. The molecule has 148 valence electrons. The van der Waals surface area contributed by atoms with Gasteiger partial charge >= 0.3 is 5.97 Å². The van der Waals surface area contributed by atoms with Gasteiger partial charge in [-0.05, 0) is 42.2 Å². The van der Waals surface area contributed by atoms with Gasteiger partial charge in [0.2, 0.25) is 5.91 Å². The predicted octanol–water partition coefficient (Wildman–Crippen LogP) is 3.94. The molecule has 2 aromatic rings. The molecule has 0 bridgehead atoms. The van der Waals surface area contributed by atoms with Gasteiger partial charge in [0, 0.05) is 47.6 Å². The first-order chi connectivity index (χ1) is 13.8. The zero-order chi connectivity index (χ0) is 20.8. The van der Waals surface area contributed by atoms with Crippen LogP contribution in [-0.4, -0.2) is 27.8 Å². The lowest BCUT2D eigenvalue weighted by Gasteiger charge is -2.42. The zero-order valence-electron chi connectivity index (χ0n) is 16.4. The van der Waals surface area contributed by atoms with E-state index in [2.05, 4.69) is 4.98 Å². The largest absolute Gasteiger partial charge is 0.478 e. The molecule has 1 aliphatic carbocycles. The Kier molecular flexibility index (Phi) is 4.57. The second-order valence-corrected chi connectivity index (χ2v) is 8.40. The zero-order valence-corrected chi connectivity index (χ0v) is 16.4. The maximum absolute atomic E-state index is 13.2. The fraction of sp³-hybridized carbons (Fsp3) is 0.304. The highest BCUT2D eigenvalue weighted by atomic mass is 16.4. The summed E-state index contributed by atoms with van der Waals surface area (Å²) < 4.78 is 0. The summed E-state index contributed by atoms with van der Waals surface area (Å²) in [6, 6.07) is 11.8. The van der Waals surface area contributed by atoms with Crippen LogP contribution in [0.25, 0.3) is 0 Å². The first-order valence-corrected chi connectivity index (χ1v) is 9.60. The number of ketones is 1. The number of benzene rings is 1. The highest BCUT2D eigenvalue weighted by molar-refractivity contribution is 6.08. The van der Waals surface area contributed by atoms with E-state index < -0.39 is 5.97 Å². The van der Waals surface area contributed by atoms with Crippen LogP contribution in [-0.2, 0) is 9.59 Å². The second kappa shape index (κ2) is 6.95. The van der Waals surface area contributed by atoms with Crippen molar-refractivity contribution in [1.82, 2.24) is 4.98 Å². The molecule has 2 heterocycles. The minimum absolute atomic E-state index is 0.0267. The number of hydrogen-bond donors (Lipinski definition) is 1. The van der Waals surface area contributed by atoms with E-state index in [1.165, 1.54) is 12.1 Å². The lowest BCUT2D eigenvalue weighted by molar-refractivity contribution is -0.121. The lowest BCUT2D eigenvalue weighted by Crippen LogP contribution is -2.44.